The van der Waals surface area contributed by atoms with Crippen LogP contribution in [0, 0.1) is 10.8 Å². The normalized spacial score (nSPS) is 12.1. The Balaban J connectivity index is 2.20. The summed E-state index contributed by atoms with van der Waals surface area (Å²) in [5.74, 6) is 0.542. The van der Waals surface area contributed by atoms with Gasteiger partial charge in [0, 0.05) is 0 Å². The molecule has 0 aliphatic rings. The van der Waals surface area contributed by atoms with Crippen molar-refractivity contribution in [3.8, 4) is 11.5 Å². The Morgan fingerprint density at radius 3 is 1.38 bits per heavy atom. The highest BCUT2D eigenvalue weighted by molar-refractivity contribution is 5.87. The van der Waals surface area contributed by atoms with Crippen molar-refractivity contribution in [3.05, 3.63) is 36.4 Å². The zero-order valence-electron chi connectivity index (χ0n) is 16.5. The lowest BCUT2D eigenvalue weighted by atomic mass is 9.90. The third kappa shape index (κ3) is 4.43. The fourth-order valence-electron chi connectivity index (χ4n) is 2.11. The quantitative estimate of drug-likeness (QED) is 0.505. The monoisotopic (exact) mass is 356 g/mol. The minimum absolute atomic E-state index is 0.244. The molecule has 0 bridgehead atoms. The Morgan fingerprint density at radius 2 is 1.08 bits per heavy atom. The lowest BCUT2D eigenvalue weighted by Crippen LogP contribution is -2.28. The van der Waals surface area contributed by atoms with Gasteiger partial charge in [-0.05, 0) is 75.6 Å². The molecule has 0 fully saturated rings. The van der Waals surface area contributed by atoms with Crippen LogP contribution in [0.15, 0.2) is 36.4 Å². The first kappa shape index (κ1) is 20.0. The van der Waals surface area contributed by atoms with Crippen LogP contribution in [0.1, 0.15) is 54.4 Å². The van der Waals surface area contributed by atoms with Gasteiger partial charge in [0.05, 0.1) is 10.8 Å². The lowest BCUT2D eigenvalue weighted by Gasteiger charge is -2.20. The molecule has 2 rings (SSSR count). The molecule has 0 radical (unpaired) electrons. The van der Waals surface area contributed by atoms with E-state index < -0.39 is 10.8 Å². The zero-order chi connectivity index (χ0) is 19.5. The van der Waals surface area contributed by atoms with Crippen LogP contribution in [0.3, 0.4) is 0 Å². The van der Waals surface area contributed by atoms with E-state index in [0.717, 1.165) is 10.8 Å². The Bertz CT molecular complexity index is 749. The number of rotatable bonds is 6. The van der Waals surface area contributed by atoms with Crippen molar-refractivity contribution in [2.45, 2.75) is 54.4 Å². The third-order valence-electron chi connectivity index (χ3n) is 5.08. The fourth-order valence-corrected chi connectivity index (χ4v) is 2.11. The van der Waals surface area contributed by atoms with E-state index in [1.54, 1.807) is 12.1 Å². The second-order valence-electron chi connectivity index (χ2n) is 7.92. The first-order valence-electron chi connectivity index (χ1n) is 9.07. The van der Waals surface area contributed by atoms with E-state index in [4.69, 9.17) is 9.47 Å². The van der Waals surface area contributed by atoms with Gasteiger partial charge >= 0.3 is 11.9 Å². The Kier molecular flexibility index (Phi) is 5.74. The average molecular weight is 356 g/mol. The molecule has 0 N–H and O–H groups in total. The highest BCUT2D eigenvalue weighted by Crippen LogP contribution is 2.29. The van der Waals surface area contributed by atoms with Gasteiger partial charge in [0.15, 0.2) is 0 Å². The van der Waals surface area contributed by atoms with Crippen molar-refractivity contribution in [3.63, 3.8) is 0 Å². The van der Waals surface area contributed by atoms with Crippen molar-refractivity contribution in [1.29, 1.82) is 0 Å². The van der Waals surface area contributed by atoms with Crippen LogP contribution < -0.4 is 9.47 Å². The number of ether oxygens (including phenoxy) is 2. The van der Waals surface area contributed by atoms with Gasteiger partial charge in [-0.1, -0.05) is 26.0 Å². The molecule has 0 atom stereocenters. The summed E-state index contributed by atoms with van der Waals surface area (Å²) in [6.45, 7) is 11.4. The van der Waals surface area contributed by atoms with Gasteiger partial charge in [0.25, 0.3) is 0 Å². The molecule has 0 spiro atoms. The predicted octanol–water partition coefficient (Wildman–Crippen LogP) is 5.52. The SMILES string of the molecule is CCC(C)(C)C(=O)Oc1ccc2cc(OC(=O)C(C)(C)CC)ccc2c1. The predicted molar refractivity (Wildman–Crippen MR) is 103 cm³/mol. The van der Waals surface area contributed by atoms with E-state index in [9.17, 15) is 9.59 Å². The summed E-state index contributed by atoms with van der Waals surface area (Å²) < 4.78 is 11.0. The molecule has 0 heterocycles. The van der Waals surface area contributed by atoms with E-state index >= 15 is 0 Å². The highest BCUT2D eigenvalue weighted by atomic mass is 16.5. The minimum atomic E-state index is -0.515. The lowest BCUT2D eigenvalue weighted by molar-refractivity contribution is -0.144. The summed E-state index contributed by atoms with van der Waals surface area (Å²) in [7, 11) is 0. The van der Waals surface area contributed by atoms with Crippen LogP contribution in [0.25, 0.3) is 10.8 Å². The summed E-state index contributed by atoms with van der Waals surface area (Å²) in [5, 5.41) is 1.83. The Morgan fingerprint density at radius 1 is 0.731 bits per heavy atom. The number of fused-ring (bicyclic) bond motifs is 1. The van der Waals surface area contributed by atoms with Gasteiger partial charge in [-0.2, -0.15) is 0 Å². The van der Waals surface area contributed by atoms with E-state index in [-0.39, 0.29) is 11.9 Å². The molecule has 0 aliphatic heterocycles. The van der Waals surface area contributed by atoms with E-state index in [1.165, 1.54) is 0 Å². The fraction of sp³-hybridized carbons (Fsp3) is 0.455. The van der Waals surface area contributed by atoms with Crippen LogP contribution in [0.2, 0.25) is 0 Å². The van der Waals surface area contributed by atoms with E-state index in [0.29, 0.717) is 24.3 Å². The molecule has 4 heteroatoms. The summed E-state index contributed by atoms with van der Waals surface area (Å²) in [4.78, 5) is 24.4. The number of carbonyl (C=O) groups excluding carboxylic acids is 2. The standard InChI is InChI=1S/C22H28O4/c1-7-21(3,4)19(23)25-17-11-9-16-14-18(12-10-15(16)13-17)26-20(24)22(5,6)8-2/h9-14H,7-8H2,1-6H3. The number of esters is 2. The molecule has 0 saturated heterocycles. The maximum atomic E-state index is 12.2. The Labute approximate surface area is 155 Å². The summed E-state index contributed by atoms with van der Waals surface area (Å²) in [6.07, 6.45) is 1.42. The maximum Gasteiger partial charge on any atom is 0.316 e. The van der Waals surface area contributed by atoms with E-state index in [1.807, 2.05) is 65.8 Å². The van der Waals surface area contributed by atoms with Gasteiger partial charge in [0.2, 0.25) is 0 Å². The van der Waals surface area contributed by atoms with Gasteiger partial charge in [-0.3, -0.25) is 9.59 Å². The average Bonchev–Trinajstić information content (AvgIpc) is 2.61. The van der Waals surface area contributed by atoms with Crippen LogP contribution in [-0.4, -0.2) is 11.9 Å². The molecule has 0 unspecified atom stereocenters. The number of carbonyl (C=O) groups is 2. The molecule has 0 aromatic heterocycles. The van der Waals surface area contributed by atoms with Crippen LogP contribution in [-0.2, 0) is 9.59 Å². The molecule has 2 aromatic carbocycles. The summed E-state index contributed by atoms with van der Waals surface area (Å²) in [6, 6.07) is 10.9. The molecule has 2 aromatic rings. The maximum absolute atomic E-state index is 12.2. The van der Waals surface area contributed by atoms with Gasteiger partial charge in [-0.25, -0.2) is 0 Å². The van der Waals surface area contributed by atoms with Crippen molar-refractivity contribution in [1.82, 2.24) is 0 Å². The van der Waals surface area contributed by atoms with Crippen molar-refractivity contribution < 1.29 is 19.1 Å². The summed E-state index contributed by atoms with van der Waals surface area (Å²) >= 11 is 0. The first-order valence-corrected chi connectivity index (χ1v) is 9.07. The van der Waals surface area contributed by atoms with Crippen LogP contribution in [0.5, 0.6) is 11.5 Å². The Hall–Kier alpha value is -2.36. The summed E-state index contributed by atoms with van der Waals surface area (Å²) in [5.41, 5.74) is -1.03. The highest BCUT2D eigenvalue weighted by Gasteiger charge is 2.28. The van der Waals surface area contributed by atoms with Crippen molar-refractivity contribution in [2.24, 2.45) is 10.8 Å². The molecule has 0 amide bonds. The molecule has 0 saturated carbocycles. The van der Waals surface area contributed by atoms with Crippen molar-refractivity contribution >= 4 is 22.7 Å². The van der Waals surface area contributed by atoms with Gasteiger partial charge in [-0.15, -0.1) is 0 Å². The molecule has 4 nitrogen and oxygen atoms in total. The topological polar surface area (TPSA) is 52.6 Å². The van der Waals surface area contributed by atoms with Gasteiger partial charge < -0.3 is 9.47 Å². The van der Waals surface area contributed by atoms with Crippen LogP contribution in [0.4, 0.5) is 0 Å². The minimum Gasteiger partial charge on any atom is -0.426 e. The number of hydrogen-bond acceptors (Lipinski definition) is 4. The number of benzene rings is 2. The molecular formula is C22H28O4. The third-order valence-corrected chi connectivity index (χ3v) is 5.08. The molecule has 0 aliphatic carbocycles. The van der Waals surface area contributed by atoms with Gasteiger partial charge in [0.1, 0.15) is 11.5 Å². The second kappa shape index (κ2) is 7.48. The molecule has 140 valence electrons. The first-order chi connectivity index (χ1) is 12.1. The molecular weight excluding hydrogens is 328 g/mol. The number of hydrogen-bond donors (Lipinski definition) is 0. The van der Waals surface area contributed by atoms with E-state index in [2.05, 4.69) is 0 Å². The molecule has 26 heavy (non-hydrogen) atoms. The largest absolute Gasteiger partial charge is 0.426 e. The van der Waals surface area contributed by atoms with Crippen LogP contribution >= 0.6 is 0 Å². The zero-order valence-corrected chi connectivity index (χ0v) is 16.5. The smallest absolute Gasteiger partial charge is 0.316 e. The van der Waals surface area contributed by atoms with Crippen molar-refractivity contribution in [2.75, 3.05) is 0 Å². The second-order valence-corrected chi connectivity index (χ2v) is 7.92.